The number of nitrogen functional groups attached to an aromatic ring is 1. The van der Waals surface area contributed by atoms with Crippen molar-refractivity contribution in [1.29, 1.82) is 0 Å². The molecule has 0 bridgehead atoms. The second-order valence-electron chi connectivity index (χ2n) is 2.27. The van der Waals surface area contributed by atoms with Crippen LogP contribution in [0, 0.1) is 0 Å². The molecule has 0 radical (unpaired) electrons. The van der Waals surface area contributed by atoms with Crippen molar-refractivity contribution in [2.24, 2.45) is 0 Å². The van der Waals surface area contributed by atoms with Gasteiger partial charge in [-0.25, -0.2) is 4.79 Å². The van der Waals surface area contributed by atoms with Gasteiger partial charge in [0.1, 0.15) is 5.82 Å². The molecule has 0 saturated carbocycles. The summed E-state index contributed by atoms with van der Waals surface area (Å²) in [6.45, 7) is 3.61. The van der Waals surface area contributed by atoms with Crippen molar-refractivity contribution in [3.8, 4) is 0 Å². The Kier molecular flexibility index (Phi) is 2.14. The first-order valence-corrected chi connectivity index (χ1v) is 3.35. The van der Waals surface area contributed by atoms with Crippen LogP contribution in [-0.4, -0.2) is 9.55 Å². The summed E-state index contributed by atoms with van der Waals surface area (Å²) >= 11 is 0. The molecule has 1 aromatic rings. The van der Waals surface area contributed by atoms with Gasteiger partial charge in [-0.2, -0.15) is 0 Å². The highest BCUT2D eigenvalue weighted by atomic mass is 16.2. The van der Waals surface area contributed by atoms with E-state index in [2.05, 4.69) is 11.6 Å². The molecule has 1 aromatic heterocycles. The molecule has 1 heterocycles. The summed E-state index contributed by atoms with van der Waals surface area (Å²) in [4.78, 5) is 24.4. The smallest absolute Gasteiger partial charge is 0.330 e. The van der Waals surface area contributed by atoms with E-state index in [1.807, 2.05) is 0 Å². The zero-order valence-corrected chi connectivity index (χ0v) is 6.41. The Morgan fingerprint density at radius 3 is 2.83 bits per heavy atom. The minimum Gasteiger partial charge on any atom is -0.385 e. The lowest BCUT2D eigenvalue weighted by molar-refractivity contribution is 0.717. The molecule has 0 aliphatic heterocycles. The van der Waals surface area contributed by atoms with Gasteiger partial charge >= 0.3 is 5.69 Å². The van der Waals surface area contributed by atoms with E-state index in [4.69, 9.17) is 5.73 Å². The lowest BCUT2D eigenvalue weighted by Gasteiger charge is -1.99. The first kappa shape index (κ1) is 8.32. The summed E-state index contributed by atoms with van der Waals surface area (Å²) < 4.78 is 1.00. The normalized spacial score (nSPS) is 9.67. The summed E-state index contributed by atoms with van der Waals surface area (Å²) in [7, 11) is 0. The molecule has 3 N–H and O–H groups in total. The number of hydrogen-bond donors (Lipinski definition) is 2. The van der Waals surface area contributed by atoms with Gasteiger partial charge in [0.15, 0.2) is 0 Å². The SMILES string of the molecule is C=CCn1c(=O)cc(N)[nH]c1=O. The molecule has 0 spiro atoms. The number of aromatic amines is 1. The van der Waals surface area contributed by atoms with E-state index in [1.165, 1.54) is 6.08 Å². The van der Waals surface area contributed by atoms with Crippen LogP contribution in [-0.2, 0) is 6.54 Å². The van der Waals surface area contributed by atoms with Gasteiger partial charge in [0, 0.05) is 12.6 Å². The summed E-state index contributed by atoms with van der Waals surface area (Å²) in [5.41, 5.74) is 4.30. The Balaban J connectivity index is 3.38. The predicted molar refractivity (Wildman–Crippen MR) is 45.9 cm³/mol. The summed E-state index contributed by atoms with van der Waals surface area (Å²) in [6, 6.07) is 1.16. The van der Waals surface area contributed by atoms with Crippen LogP contribution in [0.3, 0.4) is 0 Å². The first-order valence-electron chi connectivity index (χ1n) is 3.35. The van der Waals surface area contributed by atoms with E-state index in [-0.39, 0.29) is 12.4 Å². The molecule has 0 atom stereocenters. The maximum atomic E-state index is 11.1. The van der Waals surface area contributed by atoms with Crippen molar-refractivity contribution < 1.29 is 0 Å². The highest BCUT2D eigenvalue weighted by Crippen LogP contribution is 1.82. The molecule has 0 unspecified atom stereocenters. The number of nitrogens with one attached hydrogen (secondary N) is 1. The van der Waals surface area contributed by atoms with Gasteiger partial charge < -0.3 is 5.73 Å². The van der Waals surface area contributed by atoms with Crippen molar-refractivity contribution in [3.63, 3.8) is 0 Å². The van der Waals surface area contributed by atoms with Gasteiger partial charge in [-0.15, -0.1) is 6.58 Å². The second-order valence-corrected chi connectivity index (χ2v) is 2.27. The van der Waals surface area contributed by atoms with Crippen LogP contribution in [0.2, 0.25) is 0 Å². The van der Waals surface area contributed by atoms with Crippen molar-refractivity contribution in [1.82, 2.24) is 9.55 Å². The third kappa shape index (κ3) is 1.45. The van der Waals surface area contributed by atoms with Gasteiger partial charge in [-0.05, 0) is 0 Å². The largest absolute Gasteiger partial charge is 0.385 e. The predicted octanol–water partition coefficient (Wildman–Crippen LogP) is -0.695. The maximum absolute atomic E-state index is 11.1. The Labute approximate surface area is 68.1 Å². The molecular formula is C7H9N3O2. The molecule has 0 amide bonds. The zero-order valence-electron chi connectivity index (χ0n) is 6.41. The third-order valence-corrected chi connectivity index (χ3v) is 1.35. The van der Waals surface area contributed by atoms with E-state index in [9.17, 15) is 9.59 Å². The van der Waals surface area contributed by atoms with E-state index in [0.717, 1.165) is 10.6 Å². The summed E-state index contributed by atoms with van der Waals surface area (Å²) in [5.74, 6) is 0.0744. The monoisotopic (exact) mass is 167 g/mol. The van der Waals surface area contributed by atoms with Gasteiger partial charge in [0.2, 0.25) is 0 Å². The number of nitrogens with two attached hydrogens (primary N) is 1. The fourth-order valence-electron chi connectivity index (χ4n) is 0.840. The highest BCUT2D eigenvalue weighted by molar-refractivity contribution is 5.23. The standard InChI is InChI=1S/C7H9N3O2/c1-2-3-10-6(11)4-5(8)9-7(10)12/h2,4H,1,3,8H2,(H,9,12). The van der Waals surface area contributed by atoms with Crippen LogP contribution in [0.1, 0.15) is 0 Å². The summed E-state index contributed by atoms with van der Waals surface area (Å²) in [6.07, 6.45) is 1.47. The van der Waals surface area contributed by atoms with Crippen molar-refractivity contribution in [2.45, 2.75) is 6.54 Å². The van der Waals surface area contributed by atoms with E-state index in [1.54, 1.807) is 0 Å². The minimum absolute atomic E-state index is 0.0744. The van der Waals surface area contributed by atoms with E-state index in [0.29, 0.717) is 0 Å². The number of allylic oxidation sites excluding steroid dienone is 1. The van der Waals surface area contributed by atoms with Gasteiger partial charge in [0.05, 0.1) is 0 Å². The van der Waals surface area contributed by atoms with Crippen LogP contribution < -0.4 is 17.0 Å². The number of H-pyrrole nitrogens is 1. The zero-order chi connectivity index (χ0) is 9.14. The lowest BCUT2D eigenvalue weighted by Crippen LogP contribution is -2.34. The minimum atomic E-state index is -0.514. The maximum Gasteiger partial charge on any atom is 0.330 e. The summed E-state index contributed by atoms with van der Waals surface area (Å²) in [5, 5.41) is 0. The molecule has 0 fully saturated rings. The van der Waals surface area contributed by atoms with Crippen LogP contribution in [0.15, 0.2) is 28.3 Å². The number of aromatic nitrogens is 2. The van der Waals surface area contributed by atoms with Crippen molar-refractivity contribution in [3.05, 3.63) is 39.6 Å². The Morgan fingerprint density at radius 1 is 1.67 bits per heavy atom. The third-order valence-electron chi connectivity index (χ3n) is 1.35. The average molecular weight is 167 g/mol. The van der Waals surface area contributed by atoms with Crippen molar-refractivity contribution >= 4 is 5.82 Å². The average Bonchev–Trinajstić information content (AvgIpc) is 1.96. The second kappa shape index (κ2) is 3.08. The molecule has 5 heteroatoms. The molecule has 5 nitrogen and oxygen atoms in total. The Hall–Kier alpha value is -1.78. The molecule has 0 aliphatic rings. The molecule has 1 rings (SSSR count). The molecule has 0 aliphatic carbocycles. The van der Waals surface area contributed by atoms with Crippen LogP contribution in [0.5, 0.6) is 0 Å². The quantitative estimate of drug-likeness (QED) is 0.572. The van der Waals surface area contributed by atoms with E-state index >= 15 is 0 Å². The van der Waals surface area contributed by atoms with Gasteiger partial charge in [-0.1, -0.05) is 6.08 Å². The molecular weight excluding hydrogens is 158 g/mol. The number of hydrogen-bond acceptors (Lipinski definition) is 3. The fraction of sp³-hybridized carbons (Fsp3) is 0.143. The lowest BCUT2D eigenvalue weighted by atomic mass is 10.5. The van der Waals surface area contributed by atoms with Crippen LogP contribution in [0.25, 0.3) is 0 Å². The fourth-order valence-corrected chi connectivity index (χ4v) is 0.840. The number of nitrogens with zero attached hydrogens (tertiary/aromatic N) is 1. The first-order chi connectivity index (χ1) is 5.65. The Bertz CT molecular complexity index is 371. The number of rotatable bonds is 2. The molecule has 0 aromatic carbocycles. The topological polar surface area (TPSA) is 80.9 Å². The molecule has 12 heavy (non-hydrogen) atoms. The number of anilines is 1. The Morgan fingerprint density at radius 2 is 2.33 bits per heavy atom. The van der Waals surface area contributed by atoms with Gasteiger partial charge in [-0.3, -0.25) is 14.3 Å². The van der Waals surface area contributed by atoms with E-state index < -0.39 is 11.2 Å². The van der Waals surface area contributed by atoms with Gasteiger partial charge in [0.25, 0.3) is 5.56 Å². The van der Waals surface area contributed by atoms with Crippen molar-refractivity contribution in [2.75, 3.05) is 5.73 Å². The highest BCUT2D eigenvalue weighted by Gasteiger charge is 1.98. The van der Waals surface area contributed by atoms with Crippen LogP contribution in [0.4, 0.5) is 5.82 Å². The van der Waals surface area contributed by atoms with Crippen LogP contribution >= 0.6 is 0 Å². The molecule has 0 saturated heterocycles. The molecule has 64 valence electrons.